The molecule has 0 radical (unpaired) electrons. The first kappa shape index (κ1) is 14.2. The zero-order valence-electron chi connectivity index (χ0n) is 11.7. The van der Waals surface area contributed by atoms with Gasteiger partial charge in [0.2, 0.25) is 0 Å². The second-order valence-corrected chi connectivity index (χ2v) is 5.02. The fourth-order valence-corrected chi connectivity index (χ4v) is 2.07. The van der Waals surface area contributed by atoms with Crippen molar-refractivity contribution in [2.75, 3.05) is 7.11 Å². The number of methoxy groups -OCH3 is 1. The van der Waals surface area contributed by atoms with Gasteiger partial charge in [0.05, 0.1) is 6.10 Å². The fraction of sp³-hybridized carbons (Fsp3) is 0.600. The van der Waals surface area contributed by atoms with E-state index in [4.69, 9.17) is 10.5 Å². The summed E-state index contributed by atoms with van der Waals surface area (Å²) in [6, 6.07) is 4.57. The lowest BCUT2D eigenvalue weighted by Gasteiger charge is -2.18. The highest BCUT2D eigenvalue weighted by Crippen LogP contribution is 2.24. The number of hydrogen-bond donors (Lipinski definition) is 1. The molecule has 1 rings (SSSR count). The summed E-state index contributed by atoms with van der Waals surface area (Å²) in [7, 11) is 1.75. The van der Waals surface area contributed by atoms with E-state index in [1.807, 2.05) is 0 Å². The molecule has 0 saturated carbocycles. The summed E-state index contributed by atoms with van der Waals surface area (Å²) in [6.45, 7) is 8.51. The van der Waals surface area contributed by atoms with Crippen molar-refractivity contribution in [3.8, 4) is 0 Å². The van der Waals surface area contributed by atoms with Crippen molar-refractivity contribution in [2.24, 2.45) is 5.73 Å². The highest BCUT2D eigenvalue weighted by atomic mass is 16.5. The average molecular weight is 235 g/mol. The van der Waals surface area contributed by atoms with Crippen LogP contribution in [0.15, 0.2) is 12.1 Å². The maximum Gasteiger partial charge on any atom is 0.0543 e. The van der Waals surface area contributed by atoms with Gasteiger partial charge in [0, 0.05) is 13.2 Å². The zero-order chi connectivity index (χ0) is 13.0. The van der Waals surface area contributed by atoms with E-state index in [0.29, 0.717) is 0 Å². The minimum absolute atomic E-state index is 0.117. The summed E-state index contributed by atoms with van der Waals surface area (Å²) >= 11 is 0. The molecular weight excluding hydrogens is 210 g/mol. The lowest BCUT2D eigenvalue weighted by Crippen LogP contribution is -2.15. The molecule has 0 amide bonds. The van der Waals surface area contributed by atoms with E-state index >= 15 is 0 Å². The maximum absolute atomic E-state index is 6.26. The molecule has 0 aliphatic rings. The smallest absolute Gasteiger partial charge is 0.0543 e. The van der Waals surface area contributed by atoms with E-state index in [1.54, 1.807) is 7.11 Å². The second-order valence-electron chi connectivity index (χ2n) is 5.02. The van der Waals surface area contributed by atoms with Gasteiger partial charge in [-0.2, -0.15) is 0 Å². The van der Waals surface area contributed by atoms with E-state index in [0.717, 1.165) is 12.8 Å². The Morgan fingerprint density at radius 1 is 1.06 bits per heavy atom. The Hall–Kier alpha value is -0.860. The average Bonchev–Trinajstić information content (AvgIpc) is 2.30. The zero-order valence-corrected chi connectivity index (χ0v) is 11.7. The third-order valence-electron chi connectivity index (χ3n) is 3.57. The molecule has 0 aliphatic heterocycles. The van der Waals surface area contributed by atoms with E-state index < -0.39 is 0 Å². The molecule has 0 bridgehead atoms. The van der Waals surface area contributed by atoms with Crippen LogP contribution in [-0.2, 0) is 4.74 Å². The number of nitrogens with two attached hydrogens (primary N) is 1. The van der Waals surface area contributed by atoms with Crippen LogP contribution in [0.25, 0.3) is 0 Å². The summed E-state index contributed by atoms with van der Waals surface area (Å²) in [6.07, 6.45) is 2.26. The third kappa shape index (κ3) is 3.83. The lowest BCUT2D eigenvalue weighted by molar-refractivity contribution is 0.107. The number of rotatable bonds is 5. The Kier molecular flexibility index (Phi) is 5.16. The quantitative estimate of drug-likeness (QED) is 0.848. The highest BCUT2D eigenvalue weighted by Gasteiger charge is 2.12. The third-order valence-corrected chi connectivity index (χ3v) is 3.57. The van der Waals surface area contributed by atoms with Gasteiger partial charge < -0.3 is 10.5 Å². The van der Waals surface area contributed by atoms with Crippen LogP contribution >= 0.6 is 0 Å². The largest absolute Gasteiger partial charge is 0.382 e. The highest BCUT2D eigenvalue weighted by molar-refractivity contribution is 5.38. The standard InChI is InChI=1S/C15H25NO/c1-10-8-12(3)14(9-11(10)2)15(16)7-6-13(4)17-5/h8-9,13,15H,6-7,16H2,1-5H3. The molecule has 1 aromatic rings. The first-order valence-electron chi connectivity index (χ1n) is 6.31. The molecule has 2 nitrogen and oxygen atoms in total. The predicted octanol–water partition coefficient (Wildman–Crippen LogP) is 3.43. The second kappa shape index (κ2) is 6.18. The van der Waals surface area contributed by atoms with Gasteiger partial charge in [-0.1, -0.05) is 12.1 Å². The molecule has 2 unspecified atom stereocenters. The van der Waals surface area contributed by atoms with Crippen LogP contribution in [0.5, 0.6) is 0 Å². The van der Waals surface area contributed by atoms with Crippen LogP contribution in [0.4, 0.5) is 0 Å². The Morgan fingerprint density at radius 3 is 2.24 bits per heavy atom. The van der Waals surface area contributed by atoms with Crippen LogP contribution in [0, 0.1) is 20.8 Å². The molecule has 0 fully saturated rings. The summed E-state index contributed by atoms with van der Waals surface area (Å²) < 4.78 is 5.25. The molecule has 2 heteroatoms. The first-order valence-corrected chi connectivity index (χ1v) is 6.31. The van der Waals surface area contributed by atoms with Crippen LogP contribution in [0.2, 0.25) is 0 Å². The van der Waals surface area contributed by atoms with Gasteiger partial charge in [-0.15, -0.1) is 0 Å². The summed E-state index contributed by atoms with van der Waals surface area (Å²) in [4.78, 5) is 0. The Labute approximate surface area is 105 Å². The first-order chi connectivity index (χ1) is 7.95. The van der Waals surface area contributed by atoms with Crippen molar-refractivity contribution in [3.05, 3.63) is 34.4 Å². The van der Waals surface area contributed by atoms with Gasteiger partial charge in [-0.3, -0.25) is 0 Å². The van der Waals surface area contributed by atoms with Gasteiger partial charge in [-0.05, 0) is 62.8 Å². The Morgan fingerprint density at radius 2 is 1.65 bits per heavy atom. The molecule has 0 saturated heterocycles. The van der Waals surface area contributed by atoms with Gasteiger partial charge in [-0.25, -0.2) is 0 Å². The minimum atomic E-state index is 0.117. The predicted molar refractivity (Wildman–Crippen MR) is 73.3 cm³/mol. The molecule has 2 N–H and O–H groups in total. The Bertz CT molecular complexity index is 373. The molecule has 1 aromatic carbocycles. The fourth-order valence-electron chi connectivity index (χ4n) is 2.07. The topological polar surface area (TPSA) is 35.2 Å². The molecule has 0 spiro atoms. The summed E-state index contributed by atoms with van der Waals surface area (Å²) in [5.41, 5.74) is 11.5. The molecule has 0 aliphatic carbocycles. The van der Waals surface area contributed by atoms with Crippen molar-refractivity contribution < 1.29 is 4.74 Å². The van der Waals surface area contributed by atoms with Crippen molar-refractivity contribution in [2.45, 2.75) is 52.7 Å². The van der Waals surface area contributed by atoms with Crippen LogP contribution in [0.1, 0.15) is 48.1 Å². The maximum atomic E-state index is 6.26. The summed E-state index contributed by atoms with van der Waals surface area (Å²) in [5.74, 6) is 0. The molecular formula is C15H25NO. The molecule has 17 heavy (non-hydrogen) atoms. The van der Waals surface area contributed by atoms with Gasteiger partial charge in [0.25, 0.3) is 0 Å². The molecule has 0 aromatic heterocycles. The monoisotopic (exact) mass is 235 g/mol. The van der Waals surface area contributed by atoms with E-state index in [1.165, 1.54) is 22.3 Å². The van der Waals surface area contributed by atoms with E-state index in [-0.39, 0.29) is 12.1 Å². The van der Waals surface area contributed by atoms with Crippen LogP contribution in [-0.4, -0.2) is 13.2 Å². The molecule has 96 valence electrons. The number of ether oxygens (including phenoxy) is 1. The SMILES string of the molecule is COC(C)CCC(N)c1cc(C)c(C)cc1C. The summed E-state index contributed by atoms with van der Waals surface area (Å²) in [5, 5.41) is 0. The van der Waals surface area contributed by atoms with Gasteiger partial charge in [0.15, 0.2) is 0 Å². The van der Waals surface area contributed by atoms with Crippen molar-refractivity contribution in [3.63, 3.8) is 0 Å². The molecule has 2 atom stereocenters. The van der Waals surface area contributed by atoms with Crippen LogP contribution in [0.3, 0.4) is 0 Å². The number of hydrogen-bond acceptors (Lipinski definition) is 2. The van der Waals surface area contributed by atoms with Gasteiger partial charge in [0.1, 0.15) is 0 Å². The number of aryl methyl sites for hydroxylation is 3. The van der Waals surface area contributed by atoms with E-state index in [2.05, 4.69) is 39.8 Å². The minimum Gasteiger partial charge on any atom is -0.382 e. The lowest BCUT2D eigenvalue weighted by atomic mass is 9.93. The van der Waals surface area contributed by atoms with Crippen LogP contribution < -0.4 is 5.73 Å². The normalized spacial score (nSPS) is 14.7. The Balaban J connectivity index is 2.75. The van der Waals surface area contributed by atoms with Crippen molar-refractivity contribution >= 4 is 0 Å². The van der Waals surface area contributed by atoms with E-state index in [9.17, 15) is 0 Å². The van der Waals surface area contributed by atoms with Crippen molar-refractivity contribution in [1.82, 2.24) is 0 Å². The number of benzene rings is 1. The molecule has 0 heterocycles. The van der Waals surface area contributed by atoms with Gasteiger partial charge >= 0.3 is 0 Å². The van der Waals surface area contributed by atoms with Crippen molar-refractivity contribution in [1.29, 1.82) is 0 Å².